The number of hydrogen-bond acceptors (Lipinski definition) is 2. The number of rotatable bonds is 2. The average molecular weight is 275 g/mol. The van der Waals surface area contributed by atoms with Gasteiger partial charge in [-0.3, -0.25) is 0 Å². The van der Waals surface area contributed by atoms with Crippen LogP contribution < -0.4 is 0 Å². The fourth-order valence-electron chi connectivity index (χ4n) is 1.25. The van der Waals surface area contributed by atoms with Crippen molar-refractivity contribution in [1.82, 2.24) is 0 Å². The van der Waals surface area contributed by atoms with Crippen LogP contribution in [0.5, 0.6) is 0 Å². The van der Waals surface area contributed by atoms with Crippen molar-refractivity contribution in [2.75, 3.05) is 7.11 Å². The van der Waals surface area contributed by atoms with Gasteiger partial charge in [0.15, 0.2) is 0 Å². The van der Waals surface area contributed by atoms with E-state index in [1.165, 1.54) is 17.6 Å². The maximum atomic E-state index is 5.00. The zero-order valence-electron chi connectivity index (χ0n) is 8.93. The Bertz CT molecular complexity index is 318. The van der Waals surface area contributed by atoms with Gasteiger partial charge in [0.2, 0.25) is 0 Å². The monoisotopic (exact) mass is 274 g/mol. The molecule has 1 rings (SSSR count). The lowest BCUT2D eigenvalue weighted by molar-refractivity contribution is 0.489. The molecule has 0 unspecified atom stereocenters. The van der Waals surface area contributed by atoms with Crippen molar-refractivity contribution in [2.45, 2.75) is 31.1 Å². The molecule has 0 fully saturated rings. The van der Waals surface area contributed by atoms with Gasteiger partial charge in [-0.05, 0) is 23.1 Å². The molecule has 1 nitrogen and oxygen atoms in total. The van der Waals surface area contributed by atoms with Crippen molar-refractivity contribution in [2.24, 2.45) is 0 Å². The van der Waals surface area contributed by atoms with Gasteiger partial charge in [0.05, 0.1) is 7.11 Å². The van der Waals surface area contributed by atoms with Crippen LogP contribution in [0.2, 0.25) is 0 Å². The van der Waals surface area contributed by atoms with Gasteiger partial charge in [0, 0.05) is 21.4 Å². The standard InChI is InChI=1S/C11H15BrOS/c1-11(2,3)9-6-5-8(14-13-4)7-10(9)12/h5-7H,1-4H3. The largest absolute Gasteiger partial charge is 0.314 e. The van der Waals surface area contributed by atoms with Crippen LogP contribution in [-0.2, 0) is 9.60 Å². The summed E-state index contributed by atoms with van der Waals surface area (Å²) in [5.41, 5.74) is 1.49. The van der Waals surface area contributed by atoms with Crippen LogP contribution in [0.25, 0.3) is 0 Å². The summed E-state index contributed by atoms with van der Waals surface area (Å²) in [6, 6.07) is 6.32. The van der Waals surface area contributed by atoms with Gasteiger partial charge >= 0.3 is 0 Å². The van der Waals surface area contributed by atoms with Crippen molar-refractivity contribution >= 4 is 28.0 Å². The summed E-state index contributed by atoms with van der Waals surface area (Å²) in [7, 11) is 1.68. The summed E-state index contributed by atoms with van der Waals surface area (Å²) < 4.78 is 6.15. The normalized spacial score (nSPS) is 11.8. The zero-order chi connectivity index (χ0) is 10.8. The van der Waals surface area contributed by atoms with Gasteiger partial charge in [-0.15, -0.1) is 0 Å². The molecule has 0 atom stereocenters. The molecule has 1 aromatic carbocycles. The summed E-state index contributed by atoms with van der Waals surface area (Å²) in [4.78, 5) is 1.12. The fourth-order valence-corrected chi connectivity index (χ4v) is 2.86. The summed E-state index contributed by atoms with van der Waals surface area (Å²) in [5.74, 6) is 0. The van der Waals surface area contributed by atoms with E-state index in [2.05, 4.69) is 54.9 Å². The molecule has 0 aliphatic rings. The third-order valence-corrected chi connectivity index (χ3v) is 3.20. The zero-order valence-corrected chi connectivity index (χ0v) is 11.3. The van der Waals surface area contributed by atoms with Gasteiger partial charge in [-0.25, -0.2) is 0 Å². The first-order chi connectivity index (χ1) is 6.45. The van der Waals surface area contributed by atoms with Crippen LogP contribution in [0, 0.1) is 0 Å². The number of hydrogen-bond donors (Lipinski definition) is 0. The Labute approximate surface area is 98.6 Å². The molecule has 0 heterocycles. The molecular formula is C11H15BrOS. The van der Waals surface area contributed by atoms with E-state index in [1.54, 1.807) is 7.11 Å². The van der Waals surface area contributed by atoms with Crippen molar-refractivity contribution in [1.29, 1.82) is 0 Å². The third-order valence-electron chi connectivity index (χ3n) is 1.93. The molecular weight excluding hydrogens is 260 g/mol. The van der Waals surface area contributed by atoms with Crippen molar-refractivity contribution in [3.63, 3.8) is 0 Å². The number of halogens is 1. The van der Waals surface area contributed by atoms with Gasteiger partial charge in [0.25, 0.3) is 0 Å². The van der Waals surface area contributed by atoms with Crippen LogP contribution in [0.15, 0.2) is 27.6 Å². The second kappa shape index (κ2) is 4.69. The molecule has 14 heavy (non-hydrogen) atoms. The van der Waals surface area contributed by atoms with E-state index >= 15 is 0 Å². The van der Waals surface area contributed by atoms with E-state index < -0.39 is 0 Å². The molecule has 0 amide bonds. The quantitative estimate of drug-likeness (QED) is 0.740. The van der Waals surface area contributed by atoms with Crippen molar-refractivity contribution < 1.29 is 4.18 Å². The summed E-state index contributed by atoms with van der Waals surface area (Å²) in [6.45, 7) is 6.61. The summed E-state index contributed by atoms with van der Waals surface area (Å²) in [5, 5.41) is 0. The highest BCUT2D eigenvalue weighted by Crippen LogP contribution is 2.32. The lowest BCUT2D eigenvalue weighted by atomic mass is 9.87. The lowest BCUT2D eigenvalue weighted by Gasteiger charge is -2.21. The molecule has 0 saturated heterocycles. The minimum atomic E-state index is 0.176. The first kappa shape index (κ1) is 12.1. The topological polar surface area (TPSA) is 9.23 Å². The fraction of sp³-hybridized carbons (Fsp3) is 0.455. The molecule has 0 radical (unpaired) electrons. The highest BCUT2D eigenvalue weighted by molar-refractivity contribution is 9.10. The molecule has 3 heteroatoms. The Kier molecular flexibility index (Phi) is 4.04. The minimum absolute atomic E-state index is 0.176. The first-order valence-corrected chi connectivity index (χ1v) is 5.99. The van der Waals surface area contributed by atoms with E-state index in [1.807, 2.05) is 0 Å². The Morgan fingerprint density at radius 3 is 2.36 bits per heavy atom. The predicted octanol–water partition coefficient (Wildman–Crippen LogP) is 4.40. The van der Waals surface area contributed by atoms with Crippen LogP contribution in [0.4, 0.5) is 0 Å². The highest BCUT2D eigenvalue weighted by atomic mass is 79.9. The SMILES string of the molecule is COSc1ccc(C(C)(C)C)c(Br)c1. The molecule has 0 aliphatic carbocycles. The van der Waals surface area contributed by atoms with Gasteiger partial charge < -0.3 is 4.18 Å². The Hall–Kier alpha value is 0.01000. The average Bonchev–Trinajstić information content (AvgIpc) is 2.02. The van der Waals surface area contributed by atoms with Crippen LogP contribution in [0.3, 0.4) is 0 Å². The summed E-state index contributed by atoms with van der Waals surface area (Å²) >= 11 is 4.96. The predicted molar refractivity (Wildman–Crippen MR) is 65.7 cm³/mol. The van der Waals surface area contributed by atoms with Crippen LogP contribution in [0.1, 0.15) is 26.3 Å². The van der Waals surface area contributed by atoms with E-state index in [0.29, 0.717) is 0 Å². The Morgan fingerprint density at radius 1 is 1.29 bits per heavy atom. The summed E-state index contributed by atoms with van der Waals surface area (Å²) in [6.07, 6.45) is 0. The smallest absolute Gasteiger partial charge is 0.0508 e. The van der Waals surface area contributed by atoms with Crippen molar-refractivity contribution in [3.8, 4) is 0 Å². The Balaban J connectivity index is 3.02. The maximum Gasteiger partial charge on any atom is 0.0508 e. The van der Waals surface area contributed by atoms with E-state index in [4.69, 9.17) is 4.18 Å². The van der Waals surface area contributed by atoms with Gasteiger partial charge in [-0.1, -0.05) is 42.8 Å². The lowest BCUT2D eigenvalue weighted by Crippen LogP contribution is -2.11. The minimum Gasteiger partial charge on any atom is -0.314 e. The van der Waals surface area contributed by atoms with Crippen molar-refractivity contribution in [3.05, 3.63) is 28.2 Å². The molecule has 1 aromatic rings. The second-order valence-corrected chi connectivity index (χ2v) is 5.97. The highest BCUT2D eigenvalue weighted by Gasteiger charge is 2.16. The molecule has 0 N–H and O–H groups in total. The van der Waals surface area contributed by atoms with E-state index in [9.17, 15) is 0 Å². The number of benzene rings is 1. The molecule has 0 aliphatic heterocycles. The van der Waals surface area contributed by atoms with Gasteiger partial charge in [0.1, 0.15) is 0 Å². The molecule has 0 bridgehead atoms. The first-order valence-electron chi connectivity index (χ1n) is 4.46. The maximum absolute atomic E-state index is 5.00. The third kappa shape index (κ3) is 3.01. The van der Waals surface area contributed by atoms with E-state index in [0.717, 1.165) is 9.37 Å². The van der Waals surface area contributed by atoms with Crippen LogP contribution >= 0.6 is 28.0 Å². The molecule has 0 spiro atoms. The molecule has 0 aromatic heterocycles. The second-order valence-electron chi connectivity index (χ2n) is 4.14. The van der Waals surface area contributed by atoms with Crippen LogP contribution in [-0.4, -0.2) is 7.11 Å². The Morgan fingerprint density at radius 2 is 1.93 bits per heavy atom. The van der Waals surface area contributed by atoms with E-state index in [-0.39, 0.29) is 5.41 Å². The molecule has 78 valence electrons. The van der Waals surface area contributed by atoms with Gasteiger partial charge in [-0.2, -0.15) is 0 Å². The molecule has 0 saturated carbocycles.